The monoisotopic (exact) mass is 780 g/mol. The van der Waals surface area contributed by atoms with Crippen LogP contribution in [0.5, 0.6) is 5.75 Å². The first-order chi connectivity index (χ1) is 26.0. The lowest BCUT2D eigenvalue weighted by molar-refractivity contribution is -0.121. The highest BCUT2D eigenvalue weighted by molar-refractivity contribution is 7.90. The largest absolute Gasteiger partial charge is 0.490 e. The molecule has 2 saturated heterocycles. The van der Waals surface area contributed by atoms with Crippen molar-refractivity contribution in [1.29, 1.82) is 0 Å². The molecule has 6 aliphatic rings. The van der Waals surface area contributed by atoms with E-state index >= 15 is 0 Å². The van der Waals surface area contributed by atoms with Crippen LogP contribution in [0.4, 0.5) is 5.69 Å². The van der Waals surface area contributed by atoms with Crippen LogP contribution in [0, 0.1) is 17.8 Å². The summed E-state index contributed by atoms with van der Waals surface area (Å²) in [5.41, 5.74) is 2.89. The van der Waals surface area contributed by atoms with Crippen LogP contribution in [0.3, 0.4) is 0 Å². The Bertz CT molecular complexity index is 1860. The van der Waals surface area contributed by atoms with Gasteiger partial charge in [0.05, 0.1) is 30.8 Å². The third-order valence-electron chi connectivity index (χ3n) is 13.6. The molecule has 2 bridgehead atoms. The topological polar surface area (TPSA) is 101 Å². The number of amides is 1. The molecule has 1 spiro atoms. The molecule has 8 rings (SSSR count). The first-order valence-electron chi connectivity index (χ1n) is 20.2. The van der Waals surface area contributed by atoms with Gasteiger partial charge in [0.2, 0.25) is 10.0 Å². The summed E-state index contributed by atoms with van der Waals surface area (Å²) >= 11 is 6.52. The molecule has 1 saturated carbocycles. The molecule has 0 unspecified atom stereocenters. The van der Waals surface area contributed by atoms with Gasteiger partial charge in [-0.25, -0.2) is 13.1 Å². The van der Waals surface area contributed by atoms with Crippen molar-refractivity contribution in [2.24, 2.45) is 17.8 Å². The fourth-order valence-corrected chi connectivity index (χ4v) is 11.8. The molecule has 0 radical (unpaired) electrons. The first-order valence-corrected chi connectivity index (χ1v) is 22.1. The van der Waals surface area contributed by atoms with Crippen molar-refractivity contribution in [3.05, 3.63) is 70.3 Å². The Kier molecular flexibility index (Phi) is 10.9. The van der Waals surface area contributed by atoms with Crippen molar-refractivity contribution >= 4 is 33.2 Å². The number of benzene rings is 2. The van der Waals surface area contributed by atoms with Crippen LogP contribution in [0.1, 0.15) is 74.4 Å². The number of fused-ring (bicyclic) bond motifs is 5. The average Bonchev–Trinajstić information content (AvgIpc) is 3.29. The summed E-state index contributed by atoms with van der Waals surface area (Å²) in [6.45, 7) is 14.6. The molecule has 54 heavy (non-hydrogen) atoms. The molecule has 10 nitrogen and oxygen atoms in total. The summed E-state index contributed by atoms with van der Waals surface area (Å²) < 4.78 is 49.4. The van der Waals surface area contributed by atoms with Gasteiger partial charge in [0, 0.05) is 74.5 Å². The van der Waals surface area contributed by atoms with Gasteiger partial charge in [0.15, 0.2) is 0 Å². The molecule has 3 fully saturated rings. The summed E-state index contributed by atoms with van der Waals surface area (Å²) in [6.07, 6.45) is 10.1. The summed E-state index contributed by atoms with van der Waals surface area (Å²) in [7, 11) is -3.96. The van der Waals surface area contributed by atoms with Crippen LogP contribution in [-0.4, -0.2) is 113 Å². The van der Waals surface area contributed by atoms with Gasteiger partial charge in [0.25, 0.3) is 5.91 Å². The predicted octanol–water partition coefficient (Wildman–Crippen LogP) is 5.68. The number of ether oxygens (including phenoxy) is 3. The Morgan fingerprint density at radius 2 is 1.94 bits per heavy atom. The van der Waals surface area contributed by atoms with Gasteiger partial charge >= 0.3 is 0 Å². The Labute approximate surface area is 326 Å². The molecule has 294 valence electrons. The van der Waals surface area contributed by atoms with Gasteiger partial charge < -0.3 is 19.1 Å². The van der Waals surface area contributed by atoms with Crippen molar-refractivity contribution in [2.75, 3.05) is 77.1 Å². The summed E-state index contributed by atoms with van der Waals surface area (Å²) in [5, 5.41) is -0.0327. The third-order valence-corrected chi connectivity index (χ3v) is 15.8. The van der Waals surface area contributed by atoms with E-state index in [2.05, 4.69) is 50.6 Å². The Balaban J connectivity index is 1.20. The Morgan fingerprint density at radius 1 is 1.07 bits per heavy atom. The van der Waals surface area contributed by atoms with Gasteiger partial charge in [-0.3, -0.25) is 14.6 Å². The molecular weight excluding hydrogens is 724 g/mol. The van der Waals surface area contributed by atoms with E-state index in [-0.39, 0.29) is 17.3 Å². The van der Waals surface area contributed by atoms with Crippen molar-refractivity contribution in [2.45, 2.75) is 81.6 Å². The fourth-order valence-electron chi connectivity index (χ4n) is 10.3. The van der Waals surface area contributed by atoms with Crippen LogP contribution >= 0.6 is 11.6 Å². The third kappa shape index (κ3) is 7.34. The molecule has 1 N–H and O–H groups in total. The number of allylic oxidation sites excluding steroid dienone is 1. The molecule has 4 aliphatic heterocycles. The van der Waals surface area contributed by atoms with Gasteiger partial charge in [-0.1, -0.05) is 36.7 Å². The van der Waals surface area contributed by atoms with Crippen LogP contribution < -0.4 is 14.4 Å². The maximum atomic E-state index is 13.7. The second-order valence-electron chi connectivity index (χ2n) is 16.9. The second-order valence-corrected chi connectivity index (χ2v) is 19.4. The molecule has 0 aromatic heterocycles. The normalized spacial score (nSPS) is 35.0. The minimum absolute atomic E-state index is 0.223. The lowest BCUT2D eigenvalue weighted by Crippen LogP contribution is -2.62. The zero-order valence-corrected chi connectivity index (χ0v) is 33.7. The number of morpholine rings is 1. The fraction of sp³-hybridized carbons (Fsp3) is 0.643. The number of nitrogens with zero attached hydrogens (tertiary/aromatic N) is 3. The number of hydrogen-bond donors (Lipinski definition) is 1. The first kappa shape index (κ1) is 38.2. The molecule has 2 aliphatic carbocycles. The lowest BCUT2D eigenvalue weighted by atomic mass is 9.63. The number of carbonyl (C=O) groups excluding carboxylic acids is 1. The van der Waals surface area contributed by atoms with Crippen molar-refractivity contribution in [1.82, 2.24) is 14.5 Å². The van der Waals surface area contributed by atoms with E-state index in [1.54, 1.807) is 13.0 Å². The molecule has 2 aromatic carbocycles. The van der Waals surface area contributed by atoms with E-state index in [0.717, 1.165) is 108 Å². The van der Waals surface area contributed by atoms with Crippen LogP contribution in [0.2, 0.25) is 5.02 Å². The minimum atomic E-state index is -3.96. The minimum Gasteiger partial charge on any atom is -0.490 e. The van der Waals surface area contributed by atoms with Crippen molar-refractivity contribution in [3.63, 3.8) is 0 Å². The SMILES string of the molecule is CCO[C@@]1(CN2CCN3CCOC[C@@H]3C2)/C=C\C[C@H](C)[C@@H](C)S(=O)(=O)NC(=O)c2ccc3c(c2)N(C[C@@H]2CC[C@H]21)C[C@@]1(CCCc2cc(Cl)ccc21)CO3. The maximum absolute atomic E-state index is 13.7. The molecule has 12 heteroatoms. The lowest BCUT2D eigenvalue weighted by Gasteiger charge is -2.53. The molecule has 2 aromatic rings. The maximum Gasteiger partial charge on any atom is 0.264 e. The number of anilines is 1. The Hall–Kier alpha value is -2.67. The van der Waals surface area contributed by atoms with E-state index in [0.29, 0.717) is 37.2 Å². The highest BCUT2D eigenvalue weighted by Crippen LogP contribution is 2.49. The molecule has 1 amide bonds. The van der Waals surface area contributed by atoms with E-state index in [9.17, 15) is 13.2 Å². The highest BCUT2D eigenvalue weighted by Gasteiger charge is 2.50. The van der Waals surface area contributed by atoms with Crippen LogP contribution in [0.25, 0.3) is 0 Å². The van der Waals surface area contributed by atoms with Gasteiger partial charge in [-0.15, -0.1) is 0 Å². The quantitative estimate of drug-likeness (QED) is 0.394. The summed E-state index contributed by atoms with van der Waals surface area (Å²) in [6, 6.07) is 12.1. The number of sulfonamides is 1. The zero-order valence-electron chi connectivity index (χ0n) is 32.1. The molecule has 4 heterocycles. The number of halogens is 1. The number of rotatable bonds is 4. The van der Waals surface area contributed by atoms with Crippen LogP contribution in [0.15, 0.2) is 48.6 Å². The standard InChI is InChI=1S/C42H57ClN4O6S/c1-4-53-42(27-45-17-18-46-19-20-51-25-35(46)24-45)16-5-7-29(2)30(3)54(49,50)44-40(48)32-10-14-39-38(22-32)47(23-33-9-12-37(33)42)26-41(28-52-39)15-6-8-31-21-34(43)11-13-36(31)41/h5,10-11,13-14,16,21-22,29-30,33,35,37H,4,6-9,12,15,17-20,23-28H2,1-3H3,(H,44,48)/b16-5-/t29-,30+,33-,35-,37+,41-,42+/m0/s1. The van der Waals surface area contributed by atoms with Gasteiger partial charge in [-0.2, -0.15) is 0 Å². The summed E-state index contributed by atoms with van der Waals surface area (Å²) in [4.78, 5) is 21.3. The zero-order chi connectivity index (χ0) is 37.7. The van der Waals surface area contributed by atoms with Crippen molar-refractivity contribution in [3.8, 4) is 5.75 Å². The number of piperazine rings is 1. The van der Waals surface area contributed by atoms with E-state index < -0.39 is 26.8 Å². The number of aryl methyl sites for hydroxylation is 1. The Morgan fingerprint density at radius 3 is 2.76 bits per heavy atom. The summed E-state index contributed by atoms with van der Waals surface area (Å²) in [5.74, 6) is 0.468. The van der Waals surface area contributed by atoms with Gasteiger partial charge in [0.1, 0.15) is 11.4 Å². The number of carbonyl (C=O) groups is 1. The smallest absolute Gasteiger partial charge is 0.264 e. The second kappa shape index (κ2) is 15.3. The van der Waals surface area contributed by atoms with Crippen molar-refractivity contribution < 1.29 is 27.4 Å². The number of hydrogen-bond acceptors (Lipinski definition) is 9. The molecule has 7 atom stereocenters. The van der Waals surface area contributed by atoms with E-state index in [4.69, 9.17) is 25.8 Å². The predicted molar refractivity (Wildman–Crippen MR) is 212 cm³/mol. The highest BCUT2D eigenvalue weighted by atomic mass is 35.5. The molecular formula is C42H57ClN4O6S. The average molecular weight is 781 g/mol. The van der Waals surface area contributed by atoms with E-state index in [1.165, 1.54) is 11.1 Å². The number of nitrogens with one attached hydrogen (secondary N) is 1. The van der Waals surface area contributed by atoms with Gasteiger partial charge in [-0.05, 0) is 112 Å². The van der Waals surface area contributed by atoms with E-state index in [1.807, 2.05) is 25.1 Å². The van der Waals surface area contributed by atoms with Crippen LogP contribution in [-0.2, 0) is 31.3 Å².